The van der Waals surface area contributed by atoms with Gasteiger partial charge in [-0.1, -0.05) is 35.5 Å². The molecule has 0 heterocycles. The van der Waals surface area contributed by atoms with E-state index in [0.29, 0.717) is 11.6 Å². The van der Waals surface area contributed by atoms with Crippen LogP contribution in [0.5, 0.6) is 0 Å². The summed E-state index contributed by atoms with van der Waals surface area (Å²) in [5, 5.41) is 11.7. The number of benzene rings is 2. The molecule has 0 amide bonds. The molecule has 0 aliphatic rings. The van der Waals surface area contributed by atoms with E-state index in [0.717, 1.165) is 12.2 Å². The van der Waals surface area contributed by atoms with Gasteiger partial charge < -0.3 is 15.8 Å². The van der Waals surface area contributed by atoms with E-state index in [-0.39, 0.29) is 5.84 Å². The lowest BCUT2D eigenvalue weighted by molar-refractivity contribution is 0.318. The summed E-state index contributed by atoms with van der Waals surface area (Å²) in [5.74, 6) is 0.126. The predicted octanol–water partition coefficient (Wildman–Crippen LogP) is 3.20. The Morgan fingerprint density at radius 2 is 1.71 bits per heavy atom. The lowest BCUT2D eigenvalue weighted by Crippen LogP contribution is -2.30. The number of nitrogens with two attached hydrogens (primary N) is 1. The molecule has 0 unspecified atom stereocenters. The normalized spacial score (nSPS) is 11.7. The third-order valence-corrected chi connectivity index (χ3v) is 3.42. The second-order valence-electron chi connectivity index (χ2n) is 5.24. The number of amidine groups is 1. The van der Waals surface area contributed by atoms with Gasteiger partial charge in [0.25, 0.3) is 0 Å². The van der Waals surface area contributed by atoms with Gasteiger partial charge in [-0.3, -0.25) is 0 Å². The zero-order chi connectivity index (χ0) is 15.2. The van der Waals surface area contributed by atoms with Crippen molar-refractivity contribution in [1.29, 1.82) is 0 Å². The van der Waals surface area contributed by atoms with Gasteiger partial charge in [0.15, 0.2) is 5.84 Å². The maximum absolute atomic E-state index is 8.70. The molecule has 2 aromatic carbocycles. The molecule has 0 saturated heterocycles. The van der Waals surface area contributed by atoms with Crippen LogP contribution in [0, 0.1) is 0 Å². The van der Waals surface area contributed by atoms with Gasteiger partial charge in [-0.15, -0.1) is 0 Å². The van der Waals surface area contributed by atoms with Gasteiger partial charge in [-0.05, 0) is 43.7 Å². The molecule has 0 spiro atoms. The van der Waals surface area contributed by atoms with Crippen molar-refractivity contribution >= 4 is 11.5 Å². The van der Waals surface area contributed by atoms with Gasteiger partial charge in [0, 0.05) is 23.8 Å². The first-order valence-electron chi connectivity index (χ1n) is 7.00. The summed E-state index contributed by atoms with van der Waals surface area (Å²) in [7, 11) is 0. The summed E-state index contributed by atoms with van der Waals surface area (Å²) in [6, 6.07) is 18.5. The number of oxime groups is 1. The Hall–Kier alpha value is -2.49. The molecule has 2 aromatic rings. The fraction of sp³-hybridized carbons (Fsp3) is 0.235. The van der Waals surface area contributed by atoms with Crippen molar-refractivity contribution in [2.75, 3.05) is 4.90 Å². The van der Waals surface area contributed by atoms with E-state index in [1.807, 2.05) is 30.3 Å². The number of nitrogens with zero attached hydrogens (tertiary/aromatic N) is 2. The molecule has 0 aliphatic heterocycles. The monoisotopic (exact) mass is 283 g/mol. The summed E-state index contributed by atoms with van der Waals surface area (Å²) in [4.78, 5) is 2.31. The zero-order valence-corrected chi connectivity index (χ0v) is 12.4. The third-order valence-electron chi connectivity index (χ3n) is 3.42. The number of anilines is 1. The van der Waals surface area contributed by atoms with Gasteiger partial charge in [0.05, 0.1) is 0 Å². The van der Waals surface area contributed by atoms with E-state index in [2.05, 4.69) is 48.2 Å². The van der Waals surface area contributed by atoms with Crippen LogP contribution in [0.4, 0.5) is 5.69 Å². The molecule has 0 saturated carbocycles. The van der Waals surface area contributed by atoms with E-state index in [1.165, 1.54) is 5.56 Å². The Kier molecular flexibility index (Phi) is 4.82. The molecule has 0 bridgehead atoms. The molecule has 0 atom stereocenters. The predicted molar refractivity (Wildman–Crippen MR) is 86.7 cm³/mol. The number of hydrogen-bond acceptors (Lipinski definition) is 3. The Morgan fingerprint density at radius 1 is 1.10 bits per heavy atom. The lowest BCUT2D eigenvalue weighted by Gasteiger charge is -2.29. The first-order chi connectivity index (χ1) is 10.1. The third kappa shape index (κ3) is 3.75. The first-order valence-corrected chi connectivity index (χ1v) is 7.00. The van der Waals surface area contributed by atoms with Crippen molar-refractivity contribution in [3.8, 4) is 0 Å². The Labute approximate surface area is 125 Å². The maximum atomic E-state index is 8.70. The molecule has 4 heteroatoms. The minimum atomic E-state index is 0.126. The van der Waals surface area contributed by atoms with Crippen LogP contribution < -0.4 is 10.6 Å². The summed E-state index contributed by atoms with van der Waals surface area (Å²) in [6.45, 7) is 5.18. The first kappa shape index (κ1) is 14.9. The average Bonchev–Trinajstić information content (AvgIpc) is 2.53. The lowest BCUT2D eigenvalue weighted by atomic mass is 10.1. The molecular formula is C17H21N3O. The second kappa shape index (κ2) is 6.79. The molecule has 0 aromatic heterocycles. The molecule has 0 aliphatic carbocycles. The molecule has 110 valence electrons. The molecule has 4 nitrogen and oxygen atoms in total. The van der Waals surface area contributed by atoms with Crippen molar-refractivity contribution in [1.82, 2.24) is 0 Å². The van der Waals surface area contributed by atoms with Crippen molar-refractivity contribution < 1.29 is 5.21 Å². The highest BCUT2D eigenvalue weighted by atomic mass is 16.4. The van der Waals surface area contributed by atoms with Crippen molar-refractivity contribution in [2.24, 2.45) is 10.9 Å². The minimum absolute atomic E-state index is 0.126. The topological polar surface area (TPSA) is 61.8 Å². The van der Waals surface area contributed by atoms with Crippen LogP contribution in [0.3, 0.4) is 0 Å². The average molecular weight is 283 g/mol. The quantitative estimate of drug-likeness (QED) is 0.383. The van der Waals surface area contributed by atoms with E-state index in [9.17, 15) is 0 Å². The Balaban J connectivity index is 2.22. The van der Waals surface area contributed by atoms with Gasteiger partial charge >= 0.3 is 0 Å². The maximum Gasteiger partial charge on any atom is 0.170 e. The van der Waals surface area contributed by atoms with Crippen LogP contribution in [0.1, 0.15) is 25.0 Å². The van der Waals surface area contributed by atoms with Crippen LogP contribution in [0.2, 0.25) is 0 Å². The van der Waals surface area contributed by atoms with E-state index < -0.39 is 0 Å². The molecule has 0 fully saturated rings. The summed E-state index contributed by atoms with van der Waals surface area (Å²) < 4.78 is 0. The van der Waals surface area contributed by atoms with Crippen LogP contribution in [0.15, 0.2) is 59.8 Å². The van der Waals surface area contributed by atoms with Crippen molar-refractivity contribution in [3.05, 3.63) is 65.7 Å². The molecule has 2 rings (SSSR count). The highest BCUT2D eigenvalue weighted by molar-refractivity contribution is 5.97. The molecule has 3 N–H and O–H groups in total. The summed E-state index contributed by atoms with van der Waals surface area (Å²) in [5.41, 5.74) is 8.69. The van der Waals surface area contributed by atoms with Crippen LogP contribution >= 0.6 is 0 Å². The molecule has 0 radical (unpaired) electrons. The van der Waals surface area contributed by atoms with Crippen LogP contribution in [0.25, 0.3) is 0 Å². The largest absolute Gasteiger partial charge is 0.409 e. The Bertz CT molecular complexity index is 591. The number of hydrogen-bond donors (Lipinski definition) is 2. The fourth-order valence-electron chi connectivity index (χ4n) is 2.23. The highest BCUT2D eigenvalue weighted by Gasteiger charge is 2.11. The second-order valence-corrected chi connectivity index (χ2v) is 5.24. The van der Waals surface area contributed by atoms with E-state index in [4.69, 9.17) is 10.9 Å². The SMILES string of the molecule is CC(C)N(Cc1ccccc1)c1ccc(/C(N)=N/O)cc1. The standard InChI is InChI=1S/C17H21N3O/c1-13(2)20(12-14-6-4-3-5-7-14)16-10-8-15(9-11-16)17(18)19-21/h3-11,13,21H,12H2,1-2H3,(H2,18,19). The van der Waals surface area contributed by atoms with Crippen LogP contribution in [-0.4, -0.2) is 17.1 Å². The zero-order valence-electron chi connectivity index (χ0n) is 12.4. The Morgan fingerprint density at radius 3 is 2.24 bits per heavy atom. The van der Waals surface area contributed by atoms with E-state index in [1.54, 1.807) is 0 Å². The number of rotatable bonds is 5. The fourth-order valence-corrected chi connectivity index (χ4v) is 2.23. The molecule has 21 heavy (non-hydrogen) atoms. The van der Waals surface area contributed by atoms with Gasteiger partial charge in [0.2, 0.25) is 0 Å². The van der Waals surface area contributed by atoms with Gasteiger partial charge in [-0.25, -0.2) is 0 Å². The minimum Gasteiger partial charge on any atom is -0.409 e. The van der Waals surface area contributed by atoms with Crippen LogP contribution in [-0.2, 0) is 6.54 Å². The van der Waals surface area contributed by atoms with Crippen molar-refractivity contribution in [3.63, 3.8) is 0 Å². The summed E-state index contributed by atoms with van der Waals surface area (Å²) in [6.07, 6.45) is 0. The van der Waals surface area contributed by atoms with Gasteiger partial charge in [-0.2, -0.15) is 0 Å². The smallest absolute Gasteiger partial charge is 0.170 e. The van der Waals surface area contributed by atoms with E-state index >= 15 is 0 Å². The van der Waals surface area contributed by atoms with Gasteiger partial charge in [0.1, 0.15) is 0 Å². The summed E-state index contributed by atoms with van der Waals surface area (Å²) >= 11 is 0. The molecular weight excluding hydrogens is 262 g/mol. The highest BCUT2D eigenvalue weighted by Crippen LogP contribution is 2.20. The van der Waals surface area contributed by atoms with Crippen molar-refractivity contribution in [2.45, 2.75) is 26.4 Å².